The smallest absolute Gasteiger partial charge is 0.455 e. The van der Waals surface area contributed by atoms with Gasteiger partial charge in [0.25, 0.3) is 0 Å². The molecule has 0 saturated carbocycles. The van der Waals surface area contributed by atoms with Crippen LogP contribution >= 0.6 is 0 Å². The number of rotatable bonds is 11. The summed E-state index contributed by atoms with van der Waals surface area (Å²) in [6.07, 6.45) is 8.75. The largest absolute Gasteiger partial charge is 0.459 e. The molecule has 8 heteroatoms. The third kappa shape index (κ3) is 5.41. The highest BCUT2D eigenvalue weighted by atomic mass is 16.5. The number of hydrogen-bond donors (Lipinski definition) is 2. The Balaban J connectivity index is 1.60. The van der Waals surface area contributed by atoms with E-state index >= 15 is 0 Å². The summed E-state index contributed by atoms with van der Waals surface area (Å²) in [5, 5.41) is 20.0. The van der Waals surface area contributed by atoms with Crippen LogP contribution in [0.1, 0.15) is 83.7 Å². The lowest BCUT2D eigenvalue weighted by molar-refractivity contribution is -0.140. The summed E-state index contributed by atoms with van der Waals surface area (Å²) in [4.78, 5) is 28.0. The van der Waals surface area contributed by atoms with Crippen molar-refractivity contribution in [1.29, 1.82) is 0 Å². The highest BCUT2D eigenvalue weighted by Crippen LogP contribution is 2.51. The molecular weight excluding hydrogens is 457 g/mol. The fourth-order valence-corrected chi connectivity index (χ4v) is 6.48. The van der Waals surface area contributed by atoms with E-state index in [0.717, 1.165) is 44.3 Å². The summed E-state index contributed by atoms with van der Waals surface area (Å²) in [5.41, 5.74) is 3.64. The number of allylic oxidation sites excluding steroid dienone is 2. The molecule has 2 saturated heterocycles. The first kappa shape index (κ1) is 26.9. The van der Waals surface area contributed by atoms with Crippen LogP contribution in [0, 0.1) is 17.8 Å². The molecule has 196 valence electrons. The molecule has 1 aromatic rings. The normalized spacial score (nSPS) is 26.6. The molecule has 2 amide bonds. The van der Waals surface area contributed by atoms with E-state index in [2.05, 4.69) is 13.8 Å². The third-order valence-electron chi connectivity index (χ3n) is 7.88. The van der Waals surface area contributed by atoms with Gasteiger partial charge < -0.3 is 19.2 Å². The molecule has 1 aromatic heterocycles. The standard InChI is InChI=1S/C28H40BNO6/c1-4-7-18(14-20-10-11-21(17-31)35-20)9-12-24-25-19(8-5-2)15-22-26(23(25)16-29(34)36-24)28(33)30(13-6-3)27(22)32/h10-11,14,22-24,26,31,34H,4-9,12-13,15-17H2,1-3H3/b18-14+/t22-,23+,24-,26-/m1/s1. The van der Waals surface area contributed by atoms with Gasteiger partial charge in [0.2, 0.25) is 11.8 Å². The van der Waals surface area contributed by atoms with Crippen molar-refractivity contribution in [3.8, 4) is 0 Å². The van der Waals surface area contributed by atoms with Crippen molar-refractivity contribution in [2.24, 2.45) is 17.8 Å². The van der Waals surface area contributed by atoms with Crippen LogP contribution in [0.3, 0.4) is 0 Å². The summed E-state index contributed by atoms with van der Waals surface area (Å²) in [5.74, 6) is 0.327. The molecule has 1 aliphatic carbocycles. The summed E-state index contributed by atoms with van der Waals surface area (Å²) < 4.78 is 11.8. The Kier molecular flexibility index (Phi) is 8.91. The van der Waals surface area contributed by atoms with Gasteiger partial charge in [0, 0.05) is 6.54 Å². The average Bonchev–Trinajstić information content (AvgIpc) is 3.40. The average molecular weight is 497 g/mol. The zero-order chi connectivity index (χ0) is 25.8. The molecule has 2 aliphatic heterocycles. The molecule has 7 nitrogen and oxygen atoms in total. The highest BCUT2D eigenvalue weighted by molar-refractivity contribution is 6.43. The minimum Gasteiger partial charge on any atom is -0.459 e. The van der Waals surface area contributed by atoms with Gasteiger partial charge in [-0.2, -0.15) is 0 Å². The molecular formula is C28H40BNO6. The number of aliphatic hydroxyl groups is 1. The van der Waals surface area contributed by atoms with Crippen LogP contribution in [0.4, 0.5) is 0 Å². The molecule has 0 bridgehead atoms. The molecule has 3 heterocycles. The first-order chi connectivity index (χ1) is 17.4. The van der Waals surface area contributed by atoms with Gasteiger partial charge in [-0.15, -0.1) is 0 Å². The van der Waals surface area contributed by atoms with Crippen molar-refractivity contribution >= 4 is 25.0 Å². The molecule has 36 heavy (non-hydrogen) atoms. The lowest BCUT2D eigenvalue weighted by atomic mass is 9.58. The van der Waals surface area contributed by atoms with Crippen LogP contribution in [0.2, 0.25) is 6.32 Å². The van der Waals surface area contributed by atoms with Gasteiger partial charge >= 0.3 is 7.12 Å². The van der Waals surface area contributed by atoms with Gasteiger partial charge in [-0.3, -0.25) is 14.5 Å². The van der Waals surface area contributed by atoms with Crippen molar-refractivity contribution < 1.29 is 28.8 Å². The number of furan rings is 1. The third-order valence-corrected chi connectivity index (χ3v) is 7.88. The van der Waals surface area contributed by atoms with E-state index in [4.69, 9.17) is 9.07 Å². The van der Waals surface area contributed by atoms with Gasteiger partial charge in [-0.05, 0) is 74.5 Å². The maximum absolute atomic E-state index is 13.4. The molecule has 4 atom stereocenters. The van der Waals surface area contributed by atoms with Crippen molar-refractivity contribution in [1.82, 2.24) is 4.90 Å². The van der Waals surface area contributed by atoms with Crippen LogP contribution in [0.15, 0.2) is 33.3 Å². The molecule has 2 N–H and O–H groups in total. The Labute approximate surface area is 214 Å². The molecule has 0 spiro atoms. The first-order valence-corrected chi connectivity index (χ1v) is 13.7. The number of amides is 2. The predicted octanol–water partition coefficient (Wildman–Crippen LogP) is 4.74. The fraction of sp³-hybridized carbons (Fsp3) is 0.643. The molecule has 0 radical (unpaired) electrons. The number of nitrogens with zero attached hydrogens (tertiary/aromatic N) is 1. The van der Waals surface area contributed by atoms with Crippen LogP contribution in [0.5, 0.6) is 0 Å². The van der Waals surface area contributed by atoms with E-state index < -0.39 is 7.12 Å². The van der Waals surface area contributed by atoms with Gasteiger partial charge in [0.15, 0.2) is 0 Å². The second-order valence-electron chi connectivity index (χ2n) is 10.4. The van der Waals surface area contributed by atoms with E-state index in [9.17, 15) is 19.7 Å². The Hall–Kier alpha value is -2.16. The van der Waals surface area contributed by atoms with Gasteiger partial charge in [0.1, 0.15) is 18.1 Å². The number of aliphatic hydroxyl groups excluding tert-OH is 1. The fourth-order valence-electron chi connectivity index (χ4n) is 6.48. The second-order valence-corrected chi connectivity index (χ2v) is 10.4. The maximum atomic E-state index is 13.4. The van der Waals surface area contributed by atoms with E-state index in [-0.39, 0.29) is 42.3 Å². The van der Waals surface area contributed by atoms with E-state index in [1.165, 1.54) is 21.6 Å². The van der Waals surface area contributed by atoms with Crippen molar-refractivity contribution in [3.63, 3.8) is 0 Å². The van der Waals surface area contributed by atoms with Crippen molar-refractivity contribution in [2.45, 2.75) is 91.2 Å². The molecule has 3 aliphatic rings. The number of hydrogen-bond acceptors (Lipinski definition) is 6. The highest BCUT2D eigenvalue weighted by Gasteiger charge is 2.56. The van der Waals surface area contributed by atoms with Crippen molar-refractivity contribution in [2.75, 3.05) is 6.54 Å². The van der Waals surface area contributed by atoms with Crippen LogP contribution in [-0.4, -0.2) is 46.6 Å². The number of imide groups is 1. The zero-order valence-electron chi connectivity index (χ0n) is 21.9. The van der Waals surface area contributed by atoms with E-state index in [0.29, 0.717) is 31.5 Å². The Morgan fingerprint density at radius 3 is 2.58 bits per heavy atom. The maximum Gasteiger partial charge on any atom is 0.455 e. The molecule has 0 unspecified atom stereocenters. The first-order valence-electron chi connectivity index (χ1n) is 13.7. The van der Waals surface area contributed by atoms with Crippen LogP contribution < -0.4 is 0 Å². The van der Waals surface area contributed by atoms with Gasteiger partial charge in [-0.1, -0.05) is 44.8 Å². The van der Waals surface area contributed by atoms with Crippen LogP contribution in [0.25, 0.3) is 6.08 Å². The SMILES string of the molecule is CCCC1=C2[C@@H](CC/C(=C/c3ccc(CO)o3)CCC)OB(O)C[C@@H]2[C@@H]2C(=O)N(CCC)C(=O)[C@@H]2C1. The zero-order valence-corrected chi connectivity index (χ0v) is 21.9. The monoisotopic (exact) mass is 497 g/mol. The number of likely N-dealkylation sites (tertiary alicyclic amines) is 1. The van der Waals surface area contributed by atoms with E-state index in [1.807, 2.05) is 19.1 Å². The second kappa shape index (κ2) is 11.9. The summed E-state index contributed by atoms with van der Waals surface area (Å²) in [6, 6.07) is 3.65. The minimum absolute atomic E-state index is 0.0362. The van der Waals surface area contributed by atoms with Gasteiger partial charge in [0.05, 0.1) is 17.9 Å². The van der Waals surface area contributed by atoms with Gasteiger partial charge in [-0.25, -0.2) is 0 Å². The predicted molar refractivity (Wildman–Crippen MR) is 138 cm³/mol. The Morgan fingerprint density at radius 2 is 1.92 bits per heavy atom. The summed E-state index contributed by atoms with van der Waals surface area (Å²) >= 11 is 0. The lowest BCUT2D eigenvalue weighted by Gasteiger charge is -2.43. The minimum atomic E-state index is -0.940. The van der Waals surface area contributed by atoms with Crippen LogP contribution in [-0.2, 0) is 20.9 Å². The number of carbonyl (C=O) groups is 2. The Bertz CT molecular complexity index is 1010. The summed E-state index contributed by atoms with van der Waals surface area (Å²) in [7, 11) is -0.940. The quantitative estimate of drug-likeness (QED) is 0.260. The number of carbonyl (C=O) groups excluding carboxylic acids is 2. The number of fused-ring (bicyclic) bond motifs is 3. The molecule has 2 fully saturated rings. The molecule has 0 aromatic carbocycles. The lowest BCUT2D eigenvalue weighted by Crippen LogP contribution is -2.46. The molecule has 4 rings (SSSR count). The van der Waals surface area contributed by atoms with E-state index in [1.54, 1.807) is 6.07 Å². The topological polar surface area (TPSA) is 100 Å². The van der Waals surface area contributed by atoms with Crippen molar-refractivity contribution in [3.05, 3.63) is 40.4 Å². The summed E-state index contributed by atoms with van der Waals surface area (Å²) in [6.45, 7) is 6.60. The Morgan fingerprint density at radius 1 is 1.11 bits per heavy atom.